The van der Waals surface area contributed by atoms with E-state index >= 15 is 0 Å². The summed E-state index contributed by atoms with van der Waals surface area (Å²) in [5.74, 6) is -0.211. The average Bonchev–Trinajstić information content (AvgIpc) is 2.47. The molecule has 0 aliphatic heterocycles. The van der Waals surface area contributed by atoms with Gasteiger partial charge >= 0.3 is 0 Å². The molecule has 0 atom stereocenters. The van der Waals surface area contributed by atoms with Gasteiger partial charge in [-0.3, -0.25) is 0 Å². The van der Waals surface area contributed by atoms with Gasteiger partial charge in [-0.2, -0.15) is 0 Å². The zero-order valence-electron chi connectivity index (χ0n) is 11.7. The van der Waals surface area contributed by atoms with Gasteiger partial charge in [0.1, 0.15) is 13.7 Å². The number of nitrogens with two attached hydrogens (primary N) is 1. The number of primary sulfonamides is 1. The molecule has 1 aromatic heterocycles. The molecule has 0 aliphatic carbocycles. The number of benzene rings is 2. The number of hydrogen-bond acceptors (Lipinski definition) is 5. The van der Waals surface area contributed by atoms with Crippen LogP contribution < -0.4 is 15.9 Å². The Labute approximate surface area is 133 Å². The maximum Gasteiger partial charge on any atom is 0.238 e. The van der Waals surface area contributed by atoms with E-state index in [-0.39, 0.29) is 16.3 Å². The SMILES string of the molecule is [B]c1cc(F)cc2cnc(Nc3ccc(S(N)(=O)=O)cc3)nc12. The van der Waals surface area contributed by atoms with Crippen LogP contribution in [0, 0.1) is 5.82 Å². The second-order valence-electron chi connectivity index (χ2n) is 4.82. The molecular weight excluding hydrogens is 318 g/mol. The molecule has 0 bridgehead atoms. The van der Waals surface area contributed by atoms with Crippen molar-refractivity contribution in [2.24, 2.45) is 5.14 Å². The molecule has 6 nitrogen and oxygen atoms in total. The quantitative estimate of drug-likeness (QED) is 0.698. The molecule has 2 radical (unpaired) electrons. The Kier molecular flexibility index (Phi) is 3.74. The van der Waals surface area contributed by atoms with Crippen molar-refractivity contribution < 1.29 is 12.8 Å². The van der Waals surface area contributed by atoms with Gasteiger partial charge in [0.15, 0.2) is 0 Å². The standard InChI is InChI=1S/C14H10BFN4O2S/c15-12-6-9(16)5-8-7-18-14(20-13(8)12)19-10-1-3-11(4-2-10)23(17,21)22/h1-7H,(H2,17,21,22)(H,18,19,20). The summed E-state index contributed by atoms with van der Waals surface area (Å²) < 4.78 is 35.7. The van der Waals surface area contributed by atoms with E-state index in [1.165, 1.54) is 42.6 Å². The van der Waals surface area contributed by atoms with Crippen LogP contribution in [0.5, 0.6) is 0 Å². The first-order valence-electron chi connectivity index (χ1n) is 6.44. The van der Waals surface area contributed by atoms with Gasteiger partial charge in [0, 0.05) is 17.3 Å². The van der Waals surface area contributed by atoms with Crippen LogP contribution in [0.25, 0.3) is 10.9 Å². The van der Waals surface area contributed by atoms with Gasteiger partial charge in [-0.25, -0.2) is 27.9 Å². The van der Waals surface area contributed by atoms with Crippen molar-refractivity contribution in [1.82, 2.24) is 9.97 Å². The fraction of sp³-hybridized carbons (Fsp3) is 0. The molecule has 3 aromatic rings. The smallest absolute Gasteiger partial charge is 0.238 e. The molecule has 23 heavy (non-hydrogen) atoms. The Bertz CT molecular complexity index is 994. The molecule has 0 saturated carbocycles. The van der Waals surface area contributed by atoms with E-state index in [4.69, 9.17) is 13.0 Å². The number of rotatable bonds is 3. The van der Waals surface area contributed by atoms with Gasteiger partial charge in [-0.1, -0.05) is 5.46 Å². The normalized spacial score (nSPS) is 11.6. The molecule has 0 saturated heterocycles. The van der Waals surface area contributed by atoms with Crippen LogP contribution in [0.3, 0.4) is 0 Å². The summed E-state index contributed by atoms with van der Waals surface area (Å²) in [5.41, 5.74) is 1.19. The fourth-order valence-corrected chi connectivity index (χ4v) is 2.57. The second kappa shape index (κ2) is 5.60. The molecule has 3 N–H and O–H groups in total. The monoisotopic (exact) mass is 328 g/mol. The van der Waals surface area contributed by atoms with Gasteiger partial charge in [-0.05, 0) is 36.4 Å². The summed E-state index contributed by atoms with van der Waals surface area (Å²) in [5, 5.41) is 8.43. The van der Waals surface area contributed by atoms with Crippen LogP contribution in [0.2, 0.25) is 0 Å². The third kappa shape index (κ3) is 3.30. The number of fused-ring (bicyclic) bond motifs is 1. The van der Waals surface area contributed by atoms with Gasteiger partial charge in [0.2, 0.25) is 16.0 Å². The van der Waals surface area contributed by atoms with E-state index in [0.29, 0.717) is 16.6 Å². The summed E-state index contributed by atoms with van der Waals surface area (Å²) in [6.45, 7) is 0. The summed E-state index contributed by atoms with van der Waals surface area (Å²) in [7, 11) is 2.01. The largest absolute Gasteiger partial charge is 0.324 e. The Morgan fingerprint density at radius 3 is 2.52 bits per heavy atom. The number of halogens is 1. The molecule has 1 heterocycles. The molecule has 2 aromatic carbocycles. The summed E-state index contributed by atoms with van der Waals surface area (Å²) in [6, 6.07) is 8.25. The fourth-order valence-electron chi connectivity index (χ4n) is 2.05. The zero-order chi connectivity index (χ0) is 16.6. The number of hydrogen-bond donors (Lipinski definition) is 2. The molecule has 0 aliphatic rings. The number of nitrogens with zero attached hydrogens (tertiary/aromatic N) is 2. The van der Waals surface area contributed by atoms with Gasteiger partial charge in [0.25, 0.3) is 0 Å². The number of anilines is 2. The van der Waals surface area contributed by atoms with Crippen LogP contribution in [-0.2, 0) is 10.0 Å². The molecular formula is C14H10BFN4O2S. The van der Waals surface area contributed by atoms with E-state index in [1.807, 2.05) is 0 Å². The molecule has 3 rings (SSSR count). The van der Waals surface area contributed by atoms with Crippen molar-refractivity contribution in [3.8, 4) is 0 Å². The molecule has 0 unspecified atom stereocenters. The van der Waals surface area contributed by atoms with Crippen molar-refractivity contribution >= 4 is 45.9 Å². The number of aromatic nitrogens is 2. The van der Waals surface area contributed by atoms with Crippen molar-refractivity contribution in [3.05, 3.63) is 48.4 Å². The highest BCUT2D eigenvalue weighted by molar-refractivity contribution is 7.89. The van der Waals surface area contributed by atoms with Crippen LogP contribution in [0.4, 0.5) is 16.0 Å². The van der Waals surface area contributed by atoms with Crippen LogP contribution >= 0.6 is 0 Å². The highest BCUT2D eigenvalue weighted by atomic mass is 32.2. The third-order valence-corrected chi connectivity index (χ3v) is 4.05. The lowest BCUT2D eigenvalue weighted by molar-refractivity contribution is 0.598. The van der Waals surface area contributed by atoms with Crippen molar-refractivity contribution in [2.45, 2.75) is 4.90 Å². The molecule has 0 spiro atoms. The molecule has 0 fully saturated rings. The third-order valence-electron chi connectivity index (χ3n) is 3.12. The Morgan fingerprint density at radius 2 is 1.87 bits per heavy atom. The topological polar surface area (TPSA) is 98.0 Å². The minimum absolute atomic E-state index is 0.00204. The minimum atomic E-state index is -3.74. The van der Waals surface area contributed by atoms with Crippen molar-refractivity contribution in [3.63, 3.8) is 0 Å². The highest BCUT2D eigenvalue weighted by Gasteiger charge is 2.08. The second-order valence-corrected chi connectivity index (χ2v) is 6.38. The van der Waals surface area contributed by atoms with Crippen molar-refractivity contribution in [2.75, 3.05) is 5.32 Å². The van der Waals surface area contributed by atoms with Gasteiger partial charge in [-0.15, -0.1) is 0 Å². The van der Waals surface area contributed by atoms with Gasteiger partial charge in [0.05, 0.1) is 10.4 Å². The lowest BCUT2D eigenvalue weighted by atomic mass is 9.93. The maximum atomic E-state index is 13.3. The summed E-state index contributed by atoms with van der Waals surface area (Å²) >= 11 is 0. The highest BCUT2D eigenvalue weighted by Crippen LogP contribution is 2.18. The predicted octanol–water partition coefficient (Wildman–Crippen LogP) is 0.954. The summed E-state index contributed by atoms with van der Waals surface area (Å²) in [4.78, 5) is 8.30. The first-order valence-corrected chi connectivity index (χ1v) is 7.99. The Hall–Kier alpha value is -2.52. The minimum Gasteiger partial charge on any atom is -0.324 e. The Morgan fingerprint density at radius 1 is 1.17 bits per heavy atom. The molecule has 114 valence electrons. The zero-order valence-corrected chi connectivity index (χ0v) is 12.5. The van der Waals surface area contributed by atoms with E-state index in [0.717, 1.165) is 0 Å². The molecule has 9 heteroatoms. The first-order chi connectivity index (χ1) is 10.8. The molecule has 0 amide bonds. The van der Waals surface area contributed by atoms with Crippen LogP contribution in [0.15, 0.2) is 47.5 Å². The Balaban J connectivity index is 1.92. The van der Waals surface area contributed by atoms with E-state index in [2.05, 4.69) is 15.3 Å². The van der Waals surface area contributed by atoms with Crippen LogP contribution in [0.1, 0.15) is 0 Å². The average molecular weight is 328 g/mol. The number of sulfonamides is 1. The van der Waals surface area contributed by atoms with Crippen molar-refractivity contribution in [1.29, 1.82) is 0 Å². The van der Waals surface area contributed by atoms with Gasteiger partial charge < -0.3 is 5.32 Å². The summed E-state index contributed by atoms with van der Waals surface area (Å²) in [6.07, 6.45) is 1.45. The number of nitrogens with one attached hydrogen (secondary N) is 1. The predicted molar refractivity (Wildman–Crippen MR) is 86.0 cm³/mol. The van der Waals surface area contributed by atoms with E-state index in [9.17, 15) is 12.8 Å². The lowest BCUT2D eigenvalue weighted by Crippen LogP contribution is -2.12. The maximum absolute atomic E-state index is 13.3. The lowest BCUT2D eigenvalue weighted by Gasteiger charge is -2.08. The first kappa shape index (κ1) is 15.4. The van der Waals surface area contributed by atoms with E-state index in [1.54, 1.807) is 0 Å². The van der Waals surface area contributed by atoms with E-state index < -0.39 is 15.8 Å². The van der Waals surface area contributed by atoms with Crippen LogP contribution in [-0.4, -0.2) is 26.2 Å².